The van der Waals surface area contributed by atoms with Crippen molar-refractivity contribution in [3.05, 3.63) is 0 Å². The van der Waals surface area contributed by atoms with E-state index in [1.807, 2.05) is 0 Å². The van der Waals surface area contributed by atoms with Crippen molar-refractivity contribution in [1.29, 1.82) is 0 Å². The van der Waals surface area contributed by atoms with E-state index in [1.54, 1.807) is 0 Å². The molecule has 12 heteroatoms. The van der Waals surface area contributed by atoms with Gasteiger partial charge in [-0.1, -0.05) is 6.92 Å². The lowest BCUT2D eigenvalue weighted by Gasteiger charge is -2.27. The average molecular weight is 334 g/mol. The van der Waals surface area contributed by atoms with Crippen LogP contribution in [0.15, 0.2) is 0 Å². The predicted molar refractivity (Wildman–Crippen MR) is 50.7 cm³/mol. The molecule has 0 heterocycles. The van der Waals surface area contributed by atoms with Gasteiger partial charge in [0.15, 0.2) is 0 Å². The summed E-state index contributed by atoms with van der Waals surface area (Å²) in [6.07, 6.45) is -9.34. The summed E-state index contributed by atoms with van der Waals surface area (Å²) in [5.41, 5.74) is 0. The molecule has 0 saturated heterocycles. The highest BCUT2D eigenvalue weighted by atomic mass is 32.2. The molecular weight excluding hydrogens is 325 g/mol. The van der Waals surface area contributed by atoms with Crippen LogP contribution in [0.5, 0.6) is 0 Å². The molecular formula is C8H9F7O4S. The van der Waals surface area contributed by atoms with E-state index in [4.69, 9.17) is 0 Å². The quantitative estimate of drug-likeness (QED) is 0.553. The maximum Gasteiger partial charge on any atom is 0.459 e. The molecule has 0 aliphatic heterocycles. The Morgan fingerprint density at radius 2 is 1.50 bits per heavy atom. The molecule has 0 amide bonds. The van der Waals surface area contributed by atoms with Gasteiger partial charge in [0.25, 0.3) is 0 Å². The molecule has 120 valence electrons. The van der Waals surface area contributed by atoms with Crippen molar-refractivity contribution in [1.82, 2.24) is 0 Å². The Hall–Kier alpha value is -1.07. The van der Waals surface area contributed by atoms with Gasteiger partial charge in [0, 0.05) is 12.8 Å². The normalized spacial score (nSPS) is 14.2. The van der Waals surface area contributed by atoms with Crippen LogP contribution in [0.3, 0.4) is 0 Å². The van der Waals surface area contributed by atoms with Gasteiger partial charge in [-0.05, 0) is 0 Å². The van der Waals surface area contributed by atoms with Crippen LogP contribution in [-0.2, 0) is 19.1 Å². The second-order valence-corrected chi connectivity index (χ2v) is 5.29. The van der Waals surface area contributed by atoms with Gasteiger partial charge in [0.1, 0.15) is 0 Å². The third-order valence-electron chi connectivity index (χ3n) is 1.99. The van der Waals surface area contributed by atoms with Crippen molar-refractivity contribution in [2.24, 2.45) is 0 Å². The number of hydrogen-bond donors (Lipinski definition) is 0. The topological polar surface area (TPSA) is 60.4 Å². The maximum atomic E-state index is 12.8. The first-order chi connectivity index (χ1) is 8.66. The van der Waals surface area contributed by atoms with Crippen LogP contribution in [0.2, 0.25) is 0 Å². The smallest absolute Gasteiger partial charge is 0.346 e. The monoisotopic (exact) mass is 334 g/mol. The summed E-state index contributed by atoms with van der Waals surface area (Å²) in [6, 6.07) is 0. The van der Waals surface area contributed by atoms with Crippen molar-refractivity contribution >= 4 is 16.1 Å². The Kier molecular flexibility index (Phi) is 5.43. The maximum absolute atomic E-state index is 12.8. The molecule has 0 rings (SSSR count). The fourth-order valence-corrected chi connectivity index (χ4v) is 1.85. The number of carbonyl (C=O) groups is 1. The minimum atomic E-state index is -6.54. The molecule has 0 aromatic carbocycles. The lowest BCUT2D eigenvalue weighted by atomic mass is 10.1. The van der Waals surface area contributed by atoms with E-state index < -0.39 is 52.7 Å². The molecule has 0 aromatic rings. The Bertz CT molecular complexity index is 454. The molecule has 0 spiro atoms. The van der Waals surface area contributed by atoms with Crippen LogP contribution in [0.4, 0.5) is 30.7 Å². The largest absolute Gasteiger partial charge is 0.459 e. The molecule has 0 aliphatic rings. The standard InChI is InChI=1S/C8H9F7O4S/c1-2-5(16)19-20(17,18)4-3-6(9,10)7(11,12)8(13,14)15/h2-4H2,1H3. The van der Waals surface area contributed by atoms with Gasteiger partial charge >= 0.3 is 34.1 Å². The summed E-state index contributed by atoms with van der Waals surface area (Å²) in [5, 5.41) is 0. The Morgan fingerprint density at radius 3 is 1.85 bits per heavy atom. The molecule has 0 unspecified atom stereocenters. The lowest BCUT2D eigenvalue weighted by molar-refractivity contribution is -0.354. The zero-order valence-electron chi connectivity index (χ0n) is 9.81. The van der Waals surface area contributed by atoms with E-state index >= 15 is 0 Å². The fourth-order valence-electron chi connectivity index (χ4n) is 0.860. The van der Waals surface area contributed by atoms with Gasteiger partial charge in [-0.3, -0.25) is 4.79 Å². The van der Waals surface area contributed by atoms with Crippen molar-refractivity contribution in [3.8, 4) is 0 Å². The van der Waals surface area contributed by atoms with Crippen molar-refractivity contribution in [2.75, 3.05) is 5.75 Å². The highest BCUT2D eigenvalue weighted by molar-refractivity contribution is 7.87. The van der Waals surface area contributed by atoms with Gasteiger partial charge < -0.3 is 4.18 Å². The summed E-state index contributed by atoms with van der Waals surface area (Å²) >= 11 is 0. The molecule has 4 nitrogen and oxygen atoms in total. The molecule has 0 aliphatic carbocycles. The summed E-state index contributed by atoms with van der Waals surface area (Å²) < 4.78 is 111. The van der Waals surface area contributed by atoms with Crippen LogP contribution in [0, 0.1) is 0 Å². The molecule has 0 aromatic heterocycles. The third kappa shape index (κ3) is 4.49. The van der Waals surface area contributed by atoms with Crippen LogP contribution in [0.1, 0.15) is 19.8 Å². The second-order valence-electron chi connectivity index (χ2n) is 3.60. The van der Waals surface area contributed by atoms with Gasteiger partial charge in [-0.2, -0.15) is 39.2 Å². The summed E-state index contributed by atoms with van der Waals surface area (Å²) in [6.45, 7) is 1.16. The number of rotatable bonds is 6. The second kappa shape index (κ2) is 5.74. The molecule has 0 bridgehead atoms. The summed E-state index contributed by atoms with van der Waals surface area (Å²) in [5.74, 6) is -15.3. The van der Waals surface area contributed by atoms with Crippen molar-refractivity contribution in [2.45, 2.75) is 37.8 Å². The highest BCUT2D eigenvalue weighted by Gasteiger charge is 2.72. The zero-order valence-corrected chi connectivity index (χ0v) is 10.6. The summed E-state index contributed by atoms with van der Waals surface area (Å²) in [4.78, 5) is 10.6. The van der Waals surface area contributed by atoms with Crippen LogP contribution < -0.4 is 0 Å². The van der Waals surface area contributed by atoms with E-state index in [0.717, 1.165) is 6.92 Å². The van der Waals surface area contributed by atoms with Gasteiger partial charge in [0.2, 0.25) is 0 Å². The zero-order chi connectivity index (χ0) is 16.4. The van der Waals surface area contributed by atoms with Gasteiger partial charge in [0.05, 0.1) is 5.75 Å². The molecule has 0 saturated carbocycles. The molecule has 0 N–H and O–H groups in total. The summed E-state index contributed by atoms with van der Waals surface area (Å²) in [7, 11) is -4.96. The molecule has 0 fully saturated rings. The minimum Gasteiger partial charge on any atom is -0.346 e. The first kappa shape index (κ1) is 18.9. The molecule has 0 atom stereocenters. The van der Waals surface area contributed by atoms with Gasteiger partial charge in [-0.25, -0.2) is 0 Å². The van der Waals surface area contributed by atoms with E-state index in [-0.39, 0.29) is 0 Å². The molecule has 0 radical (unpaired) electrons. The average Bonchev–Trinajstić information content (AvgIpc) is 2.24. The van der Waals surface area contributed by atoms with E-state index in [2.05, 4.69) is 4.18 Å². The lowest BCUT2D eigenvalue weighted by Crippen LogP contribution is -2.52. The van der Waals surface area contributed by atoms with E-state index in [1.165, 1.54) is 0 Å². The van der Waals surface area contributed by atoms with Crippen LogP contribution in [0.25, 0.3) is 0 Å². The van der Waals surface area contributed by atoms with Gasteiger partial charge in [-0.15, -0.1) is 0 Å². The molecule has 20 heavy (non-hydrogen) atoms. The minimum absolute atomic E-state index is 0.450. The SMILES string of the molecule is CCC(=O)OS(=O)(=O)CCC(F)(F)C(F)(F)C(F)(F)F. The fraction of sp³-hybridized carbons (Fsp3) is 0.875. The van der Waals surface area contributed by atoms with Crippen molar-refractivity contribution < 1.29 is 48.1 Å². The van der Waals surface area contributed by atoms with E-state index in [9.17, 15) is 43.9 Å². The Morgan fingerprint density at radius 1 is 1.05 bits per heavy atom. The first-order valence-electron chi connectivity index (χ1n) is 4.93. The van der Waals surface area contributed by atoms with Crippen molar-refractivity contribution in [3.63, 3.8) is 0 Å². The highest BCUT2D eigenvalue weighted by Crippen LogP contribution is 2.48. The predicted octanol–water partition coefficient (Wildman–Crippen LogP) is 2.49. The number of hydrogen-bond acceptors (Lipinski definition) is 4. The Balaban J connectivity index is 4.93. The Labute approximate surface area is 109 Å². The third-order valence-corrected chi connectivity index (χ3v) is 3.13. The van der Waals surface area contributed by atoms with E-state index in [0.29, 0.717) is 0 Å². The van der Waals surface area contributed by atoms with Crippen LogP contribution in [-0.4, -0.2) is 38.2 Å². The number of alkyl halides is 7. The van der Waals surface area contributed by atoms with Crippen LogP contribution >= 0.6 is 0 Å². The number of carbonyl (C=O) groups excluding carboxylic acids is 1. The number of halogens is 7. The first-order valence-corrected chi connectivity index (χ1v) is 6.51.